The van der Waals surface area contributed by atoms with Crippen LogP contribution in [0.25, 0.3) is 5.57 Å². The van der Waals surface area contributed by atoms with Crippen LogP contribution in [0.5, 0.6) is 5.75 Å². The zero-order valence-electron chi connectivity index (χ0n) is 8.84. The fraction of sp³-hybridized carbons (Fsp3) is 0.182. The zero-order valence-corrected chi connectivity index (χ0v) is 8.84. The van der Waals surface area contributed by atoms with Gasteiger partial charge in [-0.25, -0.2) is 4.79 Å². The van der Waals surface area contributed by atoms with Gasteiger partial charge in [0.05, 0.1) is 18.2 Å². The van der Waals surface area contributed by atoms with Crippen molar-refractivity contribution in [2.45, 2.75) is 6.18 Å². The van der Waals surface area contributed by atoms with Gasteiger partial charge in [-0.2, -0.15) is 13.2 Å². The Hall–Kier alpha value is -1.98. The van der Waals surface area contributed by atoms with Crippen LogP contribution < -0.4 is 4.74 Å². The summed E-state index contributed by atoms with van der Waals surface area (Å²) < 4.78 is 42.8. The Morgan fingerprint density at radius 2 is 2.00 bits per heavy atom. The van der Waals surface area contributed by atoms with Gasteiger partial charge in [-0.1, -0.05) is 6.58 Å². The minimum absolute atomic E-state index is 0.000682. The van der Waals surface area contributed by atoms with Crippen LogP contribution in [-0.2, 0) is 11.0 Å². The van der Waals surface area contributed by atoms with Crippen LogP contribution in [0.15, 0.2) is 24.8 Å². The van der Waals surface area contributed by atoms with E-state index >= 15 is 0 Å². The molecule has 1 aromatic rings. The lowest BCUT2D eigenvalue weighted by Crippen LogP contribution is -2.11. The lowest BCUT2D eigenvalue weighted by molar-refractivity contribution is -0.138. The molecule has 3 nitrogen and oxygen atoms in total. The Morgan fingerprint density at radius 3 is 2.41 bits per heavy atom. The number of rotatable bonds is 3. The smallest absolute Gasteiger partial charge is 0.417 e. The molecule has 17 heavy (non-hydrogen) atoms. The molecule has 0 fully saturated rings. The van der Waals surface area contributed by atoms with E-state index < -0.39 is 28.8 Å². The topological polar surface area (TPSA) is 46.5 Å². The number of carboxylic acid groups (broad SMARTS) is 1. The average molecular weight is 246 g/mol. The van der Waals surface area contributed by atoms with Crippen molar-refractivity contribution in [2.24, 2.45) is 0 Å². The van der Waals surface area contributed by atoms with E-state index in [2.05, 4.69) is 11.3 Å². The molecule has 0 aliphatic rings. The zero-order chi connectivity index (χ0) is 13.2. The van der Waals surface area contributed by atoms with Crippen molar-refractivity contribution >= 4 is 11.5 Å². The normalized spacial score (nSPS) is 11.1. The Bertz CT molecular complexity index is 464. The van der Waals surface area contributed by atoms with E-state index in [1.807, 2.05) is 0 Å². The van der Waals surface area contributed by atoms with Gasteiger partial charge in [0.2, 0.25) is 0 Å². The number of benzene rings is 1. The summed E-state index contributed by atoms with van der Waals surface area (Å²) in [5.74, 6) is -1.50. The van der Waals surface area contributed by atoms with Crippen molar-refractivity contribution in [3.63, 3.8) is 0 Å². The molecule has 0 amide bonds. The second kappa shape index (κ2) is 4.48. The molecule has 0 atom stereocenters. The highest BCUT2D eigenvalue weighted by molar-refractivity contribution is 6.15. The summed E-state index contributed by atoms with van der Waals surface area (Å²) in [4.78, 5) is 10.6. The molecular weight excluding hydrogens is 237 g/mol. The highest BCUT2D eigenvalue weighted by atomic mass is 19.4. The van der Waals surface area contributed by atoms with Gasteiger partial charge in [0.15, 0.2) is 0 Å². The predicted octanol–water partition coefficient (Wildman–Crippen LogP) is 2.81. The quantitative estimate of drug-likeness (QED) is 0.834. The second-order valence-corrected chi connectivity index (χ2v) is 3.19. The standard InChI is InChI=1S/C11H9F3O3/c1-6(10(15)16)8-4-3-7(17-2)5-9(8)11(12,13)14/h3-5H,1H2,2H3,(H,15,16). The number of aliphatic carboxylic acids is 1. The largest absolute Gasteiger partial charge is 0.497 e. The highest BCUT2D eigenvalue weighted by Crippen LogP contribution is 2.36. The maximum atomic E-state index is 12.7. The van der Waals surface area contributed by atoms with Gasteiger partial charge in [0.1, 0.15) is 5.75 Å². The van der Waals surface area contributed by atoms with Crippen molar-refractivity contribution in [1.29, 1.82) is 0 Å². The van der Waals surface area contributed by atoms with Gasteiger partial charge < -0.3 is 9.84 Å². The van der Waals surface area contributed by atoms with E-state index in [1.165, 1.54) is 13.2 Å². The van der Waals surface area contributed by atoms with Gasteiger partial charge in [-0.15, -0.1) is 0 Å². The Balaban J connectivity index is 3.40. The summed E-state index contributed by atoms with van der Waals surface area (Å²) in [6.45, 7) is 3.11. The predicted molar refractivity (Wildman–Crippen MR) is 54.7 cm³/mol. The van der Waals surface area contributed by atoms with E-state index in [1.54, 1.807) is 0 Å². The molecule has 0 aliphatic heterocycles. The van der Waals surface area contributed by atoms with E-state index in [4.69, 9.17) is 5.11 Å². The third-order valence-electron chi connectivity index (χ3n) is 2.12. The third-order valence-corrected chi connectivity index (χ3v) is 2.12. The van der Waals surface area contributed by atoms with Crippen molar-refractivity contribution in [3.8, 4) is 5.75 Å². The van der Waals surface area contributed by atoms with Gasteiger partial charge in [-0.05, 0) is 18.2 Å². The van der Waals surface area contributed by atoms with E-state index in [0.717, 1.165) is 12.1 Å². The van der Waals surface area contributed by atoms with Gasteiger partial charge in [0.25, 0.3) is 0 Å². The van der Waals surface area contributed by atoms with Crippen LogP contribution in [0, 0.1) is 0 Å². The number of methoxy groups -OCH3 is 1. The molecule has 6 heteroatoms. The van der Waals surface area contributed by atoms with Crippen molar-refractivity contribution in [1.82, 2.24) is 0 Å². The summed E-state index contributed by atoms with van der Waals surface area (Å²) in [6.07, 6.45) is -4.66. The monoisotopic (exact) mass is 246 g/mol. The summed E-state index contributed by atoms with van der Waals surface area (Å²) >= 11 is 0. The molecule has 1 N–H and O–H groups in total. The maximum absolute atomic E-state index is 12.7. The number of ether oxygens (including phenoxy) is 1. The first-order valence-electron chi connectivity index (χ1n) is 4.45. The van der Waals surface area contributed by atoms with Gasteiger partial charge >= 0.3 is 12.1 Å². The number of carbonyl (C=O) groups is 1. The van der Waals surface area contributed by atoms with Crippen molar-refractivity contribution in [2.75, 3.05) is 7.11 Å². The molecule has 0 heterocycles. The minimum atomic E-state index is -4.66. The Morgan fingerprint density at radius 1 is 1.41 bits per heavy atom. The van der Waals surface area contributed by atoms with Gasteiger partial charge in [-0.3, -0.25) is 0 Å². The molecule has 0 saturated heterocycles. The van der Waals surface area contributed by atoms with E-state index in [-0.39, 0.29) is 5.75 Å². The third kappa shape index (κ3) is 2.77. The fourth-order valence-electron chi connectivity index (χ4n) is 1.26. The number of hydrogen-bond acceptors (Lipinski definition) is 2. The van der Waals surface area contributed by atoms with Crippen molar-refractivity contribution < 1.29 is 27.8 Å². The molecule has 0 radical (unpaired) electrons. The molecule has 1 rings (SSSR count). The SMILES string of the molecule is C=C(C(=O)O)c1ccc(OC)cc1C(F)(F)F. The van der Waals surface area contributed by atoms with Crippen LogP contribution in [0.4, 0.5) is 13.2 Å². The van der Waals surface area contributed by atoms with Crippen molar-refractivity contribution in [3.05, 3.63) is 35.9 Å². The number of hydrogen-bond donors (Lipinski definition) is 1. The fourth-order valence-corrected chi connectivity index (χ4v) is 1.26. The molecule has 0 aromatic heterocycles. The number of halogens is 3. The summed E-state index contributed by atoms with van der Waals surface area (Å²) in [5, 5.41) is 8.65. The Labute approximate surface area is 95.1 Å². The van der Waals surface area contributed by atoms with Crippen LogP contribution in [0.3, 0.4) is 0 Å². The van der Waals surface area contributed by atoms with E-state index in [0.29, 0.717) is 0 Å². The molecule has 0 aliphatic carbocycles. The minimum Gasteiger partial charge on any atom is -0.497 e. The van der Waals surface area contributed by atoms with Crippen LogP contribution >= 0.6 is 0 Å². The molecule has 92 valence electrons. The second-order valence-electron chi connectivity index (χ2n) is 3.19. The Kier molecular flexibility index (Phi) is 3.45. The van der Waals surface area contributed by atoms with E-state index in [9.17, 15) is 18.0 Å². The summed E-state index contributed by atoms with van der Waals surface area (Å²) in [5.41, 5.74) is -2.16. The van der Waals surface area contributed by atoms with Crippen LogP contribution in [0.1, 0.15) is 11.1 Å². The van der Waals surface area contributed by atoms with Crippen LogP contribution in [-0.4, -0.2) is 18.2 Å². The molecule has 1 aromatic carbocycles. The first kappa shape index (κ1) is 13.1. The first-order chi connectivity index (χ1) is 7.77. The number of alkyl halides is 3. The average Bonchev–Trinajstić information content (AvgIpc) is 2.26. The summed E-state index contributed by atoms with van der Waals surface area (Å²) in [6, 6.07) is 3.01. The van der Waals surface area contributed by atoms with Gasteiger partial charge in [0, 0.05) is 5.56 Å². The summed E-state index contributed by atoms with van der Waals surface area (Å²) in [7, 11) is 1.22. The van der Waals surface area contributed by atoms with Crippen LogP contribution in [0.2, 0.25) is 0 Å². The molecule has 0 unspecified atom stereocenters. The maximum Gasteiger partial charge on any atom is 0.417 e. The first-order valence-corrected chi connectivity index (χ1v) is 4.45. The lowest BCUT2D eigenvalue weighted by Gasteiger charge is -2.14. The molecule has 0 saturated carbocycles. The molecule has 0 bridgehead atoms. The molecular formula is C11H9F3O3. The highest BCUT2D eigenvalue weighted by Gasteiger charge is 2.35. The molecule has 0 spiro atoms. The lowest BCUT2D eigenvalue weighted by atomic mass is 10.00. The number of carboxylic acids is 1.